The number of hydrogen-bond donors (Lipinski definition) is 1. The summed E-state index contributed by atoms with van der Waals surface area (Å²) in [5.74, 6) is -1.63. The maximum Gasteiger partial charge on any atom is 0.317 e. The number of ether oxygens (including phenoxy) is 1. The van der Waals surface area contributed by atoms with Crippen LogP contribution in [0.2, 0.25) is 5.02 Å². The maximum atomic E-state index is 13.3. The molecule has 2 saturated carbocycles. The van der Waals surface area contributed by atoms with Crippen molar-refractivity contribution < 1.29 is 19.4 Å². The summed E-state index contributed by atoms with van der Waals surface area (Å²) < 4.78 is 6.87. The molecule has 9 heteroatoms. The number of fused-ring (bicyclic) bond motifs is 9. The van der Waals surface area contributed by atoms with Gasteiger partial charge in [0.05, 0.1) is 23.4 Å². The van der Waals surface area contributed by atoms with E-state index in [-0.39, 0.29) is 39.5 Å². The molecule has 0 unspecified atom stereocenters. The van der Waals surface area contributed by atoms with E-state index in [1.807, 2.05) is 36.4 Å². The van der Waals surface area contributed by atoms with Crippen molar-refractivity contribution in [3.05, 3.63) is 79.2 Å². The zero-order valence-electron chi connectivity index (χ0n) is 18.3. The van der Waals surface area contributed by atoms with Crippen LogP contribution in [-0.4, -0.2) is 26.9 Å². The zero-order valence-corrected chi connectivity index (χ0v) is 20.7. The molecule has 2 aliphatic heterocycles. The second-order valence-corrected chi connectivity index (χ2v) is 12.4. The van der Waals surface area contributed by atoms with Crippen molar-refractivity contribution in [3.63, 3.8) is 0 Å². The number of rotatable bonds is 3. The minimum atomic E-state index is -0.419. The highest BCUT2D eigenvalue weighted by Gasteiger charge is 2.69. The number of carbonyl (C=O) groups excluding carboxylic acids is 2. The molecule has 1 aromatic heterocycles. The molecule has 6 nitrogen and oxygen atoms in total. The number of thiazole rings is 1. The second kappa shape index (κ2) is 7.72. The molecule has 35 heavy (non-hydrogen) atoms. The number of phenolic OH excluding ortho intramolecular Hbond substituents is 1. The molecular weight excluding hydrogens is 506 g/mol. The number of esters is 2. The van der Waals surface area contributed by atoms with Crippen LogP contribution >= 0.6 is 34.7 Å². The molecule has 3 heterocycles. The van der Waals surface area contributed by atoms with Gasteiger partial charge in [-0.15, -0.1) is 11.8 Å². The molecule has 178 valence electrons. The average molecular weight is 526 g/mol. The Hall–Kier alpha value is -2.55. The quantitative estimate of drug-likeness (QED) is 0.400. The van der Waals surface area contributed by atoms with E-state index in [0.29, 0.717) is 11.6 Å². The van der Waals surface area contributed by atoms with Gasteiger partial charge >= 0.3 is 16.8 Å². The van der Waals surface area contributed by atoms with Crippen LogP contribution < -0.4 is 4.87 Å². The highest BCUT2D eigenvalue weighted by Crippen LogP contribution is 2.68. The molecule has 3 aromatic rings. The third kappa shape index (κ3) is 3.06. The number of hydrogen-bond acceptors (Lipinski definition) is 7. The number of aromatic nitrogens is 1. The van der Waals surface area contributed by atoms with E-state index in [1.165, 1.54) is 11.3 Å². The molecule has 7 atom stereocenters. The van der Waals surface area contributed by atoms with Crippen LogP contribution in [0.15, 0.2) is 58.4 Å². The van der Waals surface area contributed by atoms with Gasteiger partial charge in [0.25, 0.3) is 0 Å². The SMILES string of the molecule is O=C1OC(=O)[C@H]2[C@H]3C[C@H]([C@@H]12)[C@H]1[C@@H](c2ccccc2O)c2sc(=O)n(Cc4ccc(Cl)cc4)c2S[C@@H]31. The molecule has 7 rings (SSSR count). The summed E-state index contributed by atoms with van der Waals surface area (Å²) in [6.45, 7) is 0.417. The summed E-state index contributed by atoms with van der Waals surface area (Å²) in [5.41, 5.74) is 1.74. The predicted molar refractivity (Wildman–Crippen MR) is 132 cm³/mol. The fourth-order valence-corrected chi connectivity index (χ4v) is 10.2. The van der Waals surface area contributed by atoms with Gasteiger partial charge in [0, 0.05) is 26.6 Å². The van der Waals surface area contributed by atoms with Gasteiger partial charge in [-0.05, 0) is 47.9 Å². The topological polar surface area (TPSA) is 85.6 Å². The second-order valence-electron chi connectivity index (χ2n) is 9.80. The van der Waals surface area contributed by atoms with Gasteiger partial charge in [-0.2, -0.15) is 0 Å². The van der Waals surface area contributed by atoms with E-state index in [1.54, 1.807) is 28.5 Å². The Morgan fingerprint density at radius 2 is 1.71 bits per heavy atom. The van der Waals surface area contributed by atoms with Crippen molar-refractivity contribution in [2.24, 2.45) is 29.6 Å². The number of para-hydroxylation sites is 1. The molecule has 1 N–H and O–H groups in total. The number of cyclic esters (lactones) is 2. The molecule has 1 saturated heterocycles. The van der Waals surface area contributed by atoms with E-state index >= 15 is 0 Å². The highest BCUT2D eigenvalue weighted by molar-refractivity contribution is 8.00. The molecule has 0 radical (unpaired) electrons. The van der Waals surface area contributed by atoms with Gasteiger partial charge in [-0.1, -0.05) is 53.3 Å². The summed E-state index contributed by atoms with van der Waals surface area (Å²) in [4.78, 5) is 39.3. The Balaban J connectivity index is 1.38. The van der Waals surface area contributed by atoms with Crippen molar-refractivity contribution in [2.75, 3.05) is 0 Å². The Kier molecular flexibility index (Phi) is 4.79. The van der Waals surface area contributed by atoms with Crippen molar-refractivity contribution in [2.45, 2.75) is 29.2 Å². The number of halogens is 1. The lowest BCUT2D eigenvalue weighted by atomic mass is 9.68. The van der Waals surface area contributed by atoms with Crippen LogP contribution in [0.1, 0.15) is 28.3 Å². The number of aromatic hydroxyl groups is 1. The summed E-state index contributed by atoms with van der Waals surface area (Å²) in [7, 11) is 0. The van der Waals surface area contributed by atoms with E-state index in [4.69, 9.17) is 16.3 Å². The molecule has 2 aromatic carbocycles. The summed E-state index contributed by atoms with van der Waals surface area (Å²) in [6, 6.07) is 14.7. The summed E-state index contributed by atoms with van der Waals surface area (Å²) >= 11 is 8.93. The Morgan fingerprint density at radius 1 is 1.00 bits per heavy atom. The van der Waals surface area contributed by atoms with Gasteiger partial charge in [0.15, 0.2) is 0 Å². The number of benzene rings is 2. The van der Waals surface area contributed by atoms with Gasteiger partial charge in [0.2, 0.25) is 0 Å². The highest BCUT2D eigenvalue weighted by atomic mass is 35.5. The van der Waals surface area contributed by atoms with Crippen molar-refractivity contribution in [3.8, 4) is 5.75 Å². The van der Waals surface area contributed by atoms with Gasteiger partial charge in [0.1, 0.15) is 5.75 Å². The Labute approximate surface area is 213 Å². The maximum absolute atomic E-state index is 13.3. The molecule has 2 bridgehead atoms. The lowest BCUT2D eigenvalue weighted by molar-refractivity contribution is -0.154. The first kappa shape index (κ1) is 21.7. The molecule has 0 amide bonds. The van der Waals surface area contributed by atoms with Gasteiger partial charge in [-0.25, -0.2) is 0 Å². The minimum Gasteiger partial charge on any atom is -0.508 e. The summed E-state index contributed by atoms with van der Waals surface area (Å²) in [6.07, 6.45) is 0.791. The molecule has 3 fully saturated rings. The number of carbonyl (C=O) groups is 2. The van der Waals surface area contributed by atoms with Crippen molar-refractivity contribution >= 4 is 46.6 Å². The average Bonchev–Trinajstić information content (AvgIpc) is 3.56. The van der Waals surface area contributed by atoms with E-state index in [0.717, 1.165) is 27.5 Å². The minimum absolute atomic E-state index is 0.0128. The lowest BCUT2D eigenvalue weighted by Crippen LogP contribution is -2.43. The van der Waals surface area contributed by atoms with Crippen molar-refractivity contribution in [1.82, 2.24) is 4.57 Å². The first-order chi connectivity index (χ1) is 16.9. The number of nitrogens with zero attached hydrogens (tertiary/aromatic N) is 1. The van der Waals surface area contributed by atoms with Crippen LogP contribution in [0.25, 0.3) is 0 Å². The van der Waals surface area contributed by atoms with Crippen LogP contribution in [0.5, 0.6) is 5.75 Å². The number of phenols is 1. The third-order valence-electron chi connectivity index (χ3n) is 8.21. The van der Waals surface area contributed by atoms with E-state index in [9.17, 15) is 19.5 Å². The number of thioether (sulfide) groups is 1. The van der Waals surface area contributed by atoms with Gasteiger partial charge < -0.3 is 9.84 Å². The molecular formula is C26H20ClNO5S2. The monoisotopic (exact) mass is 525 g/mol. The van der Waals surface area contributed by atoms with E-state index in [2.05, 4.69) is 0 Å². The normalized spacial score (nSPS) is 32.3. The van der Waals surface area contributed by atoms with Crippen molar-refractivity contribution in [1.29, 1.82) is 0 Å². The van der Waals surface area contributed by atoms with Crippen LogP contribution in [0.3, 0.4) is 0 Å². The van der Waals surface area contributed by atoms with Crippen LogP contribution in [0, 0.1) is 29.6 Å². The zero-order chi connectivity index (χ0) is 24.0. The Bertz CT molecular complexity index is 1450. The smallest absolute Gasteiger partial charge is 0.317 e. The fourth-order valence-electron chi connectivity index (χ4n) is 6.92. The molecule has 2 aliphatic carbocycles. The van der Waals surface area contributed by atoms with Crippen LogP contribution in [0.4, 0.5) is 0 Å². The first-order valence-corrected chi connectivity index (χ1v) is 13.7. The molecule has 4 aliphatic rings. The standard InChI is InChI=1S/C26H20ClNO5S2/c27-12-7-5-11(6-8-12)10-28-23-22(35-26(28)32)17(13-3-1-2-4-16(13)29)18-14-9-15(21(18)34-23)20-19(14)24(30)33-25(20)31/h1-8,14-15,17-21,29H,9-10H2/t14-,15+,17+,18-,19+,20-,21-/m0/s1. The molecule has 0 spiro atoms. The summed E-state index contributed by atoms with van der Waals surface area (Å²) in [5, 5.41) is 12.4. The fraction of sp³-hybridized carbons (Fsp3) is 0.346. The van der Waals surface area contributed by atoms with Gasteiger partial charge in [-0.3, -0.25) is 19.0 Å². The third-order valence-corrected chi connectivity index (χ3v) is 11.3. The largest absolute Gasteiger partial charge is 0.508 e. The lowest BCUT2D eigenvalue weighted by Gasteiger charge is -2.43. The predicted octanol–water partition coefficient (Wildman–Crippen LogP) is 4.51. The van der Waals surface area contributed by atoms with E-state index < -0.39 is 23.8 Å². The van der Waals surface area contributed by atoms with Crippen LogP contribution in [-0.2, 0) is 20.9 Å². The first-order valence-electron chi connectivity index (χ1n) is 11.6. The Morgan fingerprint density at radius 3 is 2.46 bits per heavy atom.